The van der Waals surface area contributed by atoms with Crippen LogP contribution in [0, 0.1) is 11.8 Å². The molecule has 2 atom stereocenters. The molecule has 2 unspecified atom stereocenters. The highest BCUT2D eigenvalue weighted by atomic mass is 28.2. The summed E-state index contributed by atoms with van der Waals surface area (Å²) in [7, 11) is 0.946. The molecule has 1 aromatic carbocycles. The van der Waals surface area contributed by atoms with Crippen molar-refractivity contribution in [3.63, 3.8) is 0 Å². The third-order valence-corrected chi connectivity index (χ3v) is 4.90. The van der Waals surface area contributed by atoms with Gasteiger partial charge in [0.1, 0.15) is 0 Å². The van der Waals surface area contributed by atoms with Gasteiger partial charge in [-0.05, 0) is 30.2 Å². The Morgan fingerprint density at radius 3 is 2.62 bits per heavy atom. The van der Waals surface area contributed by atoms with Gasteiger partial charge in [0.15, 0.2) is 0 Å². The Hall–Kier alpha value is -0.823. The molecule has 0 aliphatic heterocycles. The Labute approximate surface area is 102 Å². The summed E-state index contributed by atoms with van der Waals surface area (Å²) in [5.41, 5.74) is 0.781. The Bertz CT molecular complexity index is 340. The van der Waals surface area contributed by atoms with Crippen LogP contribution in [-0.4, -0.2) is 9.52 Å². The molecule has 84 valence electrons. The van der Waals surface area contributed by atoms with Gasteiger partial charge in [0.25, 0.3) is 0 Å². The van der Waals surface area contributed by atoms with Crippen molar-refractivity contribution in [1.29, 1.82) is 0 Å². The smallest absolute Gasteiger partial charge is 0.0883 e. The van der Waals surface area contributed by atoms with E-state index in [4.69, 9.17) is 0 Å². The summed E-state index contributed by atoms with van der Waals surface area (Å²) in [6.45, 7) is 4.71. The van der Waals surface area contributed by atoms with Gasteiger partial charge < -0.3 is 0 Å². The summed E-state index contributed by atoms with van der Waals surface area (Å²) in [6, 6.07) is 10.9. The zero-order valence-electron chi connectivity index (χ0n) is 10.2. The fourth-order valence-electron chi connectivity index (χ4n) is 2.32. The molecule has 1 aliphatic rings. The van der Waals surface area contributed by atoms with E-state index in [9.17, 15) is 0 Å². The van der Waals surface area contributed by atoms with E-state index in [0.717, 1.165) is 26.9 Å². The molecule has 0 saturated heterocycles. The van der Waals surface area contributed by atoms with E-state index in [1.165, 1.54) is 18.0 Å². The van der Waals surface area contributed by atoms with Crippen molar-refractivity contribution < 1.29 is 0 Å². The number of hydrogen-bond donors (Lipinski definition) is 0. The third kappa shape index (κ3) is 3.08. The lowest BCUT2D eigenvalue weighted by atomic mass is 9.85. The van der Waals surface area contributed by atoms with Crippen molar-refractivity contribution in [2.24, 2.45) is 11.8 Å². The van der Waals surface area contributed by atoms with Gasteiger partial charge in [-0.3, -0.25) is 0 Å². The molecular formula is C15H20Si. The maximum absolute atomic E-state index is 2.43. The first-order chi connectivity index (χ1) is 7.75. The molecule has 1 aliphatic carbocycles. The lowest BCUT2D eigenvalue weighted by molar-refractivity contribution is 0.355. The molecule has 0 fully saturated rings. The van der Waals surface area contributed by atoms with E-state index in [2.05, 4.69) is 56.3 Å². The minimum atomic E-state index is 0.781. The first-order valence-electron chi connectivity index (χ1n) is 6.24. The minimum absolute atomic E-state index is 0.781. The van der Waals surface area contributed by atoms with Crippen LogP contribution in [-0.2, 0) is 0 Å². The quantitative estimate of drug-likeness (QED) is 0.549. The zero-order chi connectivity index (χ0) is 11.4. The Morgan fingerprint density at radius 1 is 1.19 bits per heavy atom. The predicted molar refractivity (Wildman–Crippen MR) is 72.3 cm³/mol. The number of hydrogen-bond acceptors (Lipinski definition) is 0. The van der Waals surface area contributed by atoms with Crippen molar-refractivity contribution >= 4 is 14.7 Å². The van der Waals surface area contributed by atoms with Gasteiger partial charge in [-0.1, -0.05) is 61.5 Å². The van der Waals surface area contributed by atoms with Crippen LogP contribution in [0.1, 0.15) is 26.7 Å². The van der Waals surface area contributed by atoms with Gasteiger partial charge >= 0.3 is 0 Å². The summed E-state index contributed by atoms with van der Waals surface area (Å²) >= 11 is 0. The van der Waals surface area contributed by atoms with Gasteiger partial charge in [-0.25, -0.2) is 0 Å². The molecule has 0 saturated carbocycles. The SMILES string of the molecule is CC(C)C1CC=CC([Si]c2ccccc2)C1. The van der Waals surface area contributed by atoms with Gasteiger partial charge in [0.2, 0.25) is 0 Å². The molecule has 2 rings (SSSR count). The number of benzene rings is 1. The van der Waals surface area contributed by atoms with Crippen LogP contribution in [0.2, 0.25) is 5.54 Å². The van der Waals surface area contributed by atoms with E-state index >= 15 is 0 Å². The van der Waals surface area contributed by atoms with Crippen LogP contribution in [0.15, 0.2) is 42.5 Å². The van der Waals surface area contributed by atoms with Gasteiger partial charge in [-0.15, -0.1) is 0 Å². The fourth-order valence-corrected chi connectivity index (χ4v) is 3.78. The first-order valence-corrected chi connectivity index (χ1v) is 7.31. The second-order valence-corrected chi connectivity index (χ2v) is 6.63. The van der Waals surface area contributed by atoms with Crippen LogP contribution in [0.5, 0.6) is 0 Å². The lowest BCUT2D eigenvalue weighted by Gasteiger charge is -2.27. The van der Waals surface area contributed by atoms with Crippen molar-refractivity contribution in [1.82, 2.24) is 0 Å². The Kier molecular flexibility index (Phi) is 4.00. The molecule has 0 spiro atoms. The van der Waals surface area contributed by atoms with Gasteiger partial charge in [0, 0.05) is 0 Å². The molecule has 2 radical (unpaired) electrons. The zero-order valence-corrected chi connectivity index (χ0v) is 11.2. The molecule has 0 aromatic heterocycles. The van der Waals surface area contributed by atoms with Crippen molar-refractivity contribution in [2.45, 2.75) is 32.2 Å². The maximum Gasteiger partial charge on any atom is 0.0884 e. The van der Waals surface area contributed by atoms with E-state index in [-0.39, 0.29) is 0 Å². The standard InChI is InChI=1S/C15H20Si/c1-12(2)13-7-6-10-15(11-13)16-14-8-4-3-5-9-14/h3-6,8-10,12-13,15H,7,11H2,1-2H3. The minimum Gasteiger partial charge on any atom is -0.0883 e. The van der Waals surface area contributed by atoms with Crippen LogP contribution in [0.4, 0.5) is 0 Å². The van der Waals surface area contributed by atoms with Crippen LogP contribution >= 0.6 is 0 Å². The first kappa shape index (κ1) is 11.7. The highest BCUT2D eigenvalue weighted by molar-refractivity contribution is 6.55. The van der Waals surface area contributed by atoms with Crippen LogP contribution in [0.25, 0.3) is 0 Å². The summed E-state index contributed by atoms with van der Waals surface area (Å²) in [5.74, 6) is 1.72. The molecular weight excluding hydrogens is 208 g/mol. The van der Waals surface area contributed by atoms with E-state index in [0.29, 0.717) is 0 Å². The highest BCUT2D eigenvalue weighted by Crippen LogP contribution is 2.31. The van der Waals surface area contributed by atoms with Crippen LogP contribution < -0.4 is 5.19 Å². The summed E-state index contributed by atoms with van der Waals surface area (Å²) in [5, 5.41) is 1.50. The Morgan fingerprint density at radius 2 is 1.94 bits per heavy atom. The highest BCUT2D eigenvalue weighted by Gasteiger charge is 2.20. The second kappa shape index (κ2) is 5.49. The van der Waals surface area contributed by atoms with Crippen molar-refractivity contribution in [3.05, 3.63) is 42.5 Å². The number of rotatable bonds is 3. The normalized spacial score (nSPS) is 24.9. The van der Waals surface area contributed by atoms with Crippen LogP contribution in [0.3, 0.4) is 0 Å². The fraction of sp³-hybridized carbons (Fsp3) is 0.467. The molecule has 0 heterocycles. The average Bonchev–Trinajstić information content (AvgIpc) is 2.30. The van der Waals surface area contributed by atoms with E-state index in [1.54, 1.807) is 0 Å². The molecule has 0 N–H and O–H groups in total. The summed E-state index contributed by atoms with van der Waals surface area (Å²) in [4.78, 5) is 0. The molecule has 1 aromatic rings. The maximum atomic E-state index is 2.43. The second-order valence-electron chi connectivity index (χ2n) is 5.02. The summed E-state index contributed by atoms with van der Waals surface area (Å²) < 4.78 is 0. The number of allylic oxidation sites excluding steroid dienone is 2. The molecule has 0 amide bonds. The third-order valence-electron chi connectivity index (χ3n) is 3.43. The largest absolute Gasteiger partial charge is 0.0884 e. The topological polar surface area (TPSA) is 0 Å². The van der Waals surface area contributed by atoms with Crippen molar-refractivity contribution in [2.75, 3.05) is 0 Å². The monoisotopic (exact) mass is 228 g/mol. The van der Waals surface area contributed by atoms with Gasteiger partial charge in [-0.2, -0.15) is 0 Å². The van der Waals surface area contributed by atoms with Crippen molar-refractivity contribution in [3.8, 4) is 0 Å². The van der Waals surface area contributed by atoms with E-state index < -0.39 is 0 Å². The molecule has 0 bridgehead atoms. The van der Waals surface area contributed by atoms with E-state index in [1.807, 2.05) is 0 Å². The summed E-state index contributed by atoms with van der Waals surface area (Å²) in [6.07, 6.45) is 7.49. The Balaban J connectivity index is 1.96. The van der Waals surface area contributed by atoms with Gasteiger partial charge in [0.05, 0.1) is 9.52 Å². The average molecular weight is 228 g/mol. The predicted octanol–water partition coefficient (Wildman–Crippen LogP) is 3.43. The molecule has 0 nitrogen and oxygen atoms in total. The molecule has 16 heavy (non-hydrogen) atoms. The molecule has 1 heteroatoms. The lowest BCUT2D eigenvalue weighted by Crippen LogP contribution is -2.23.